The minimum atomic E-state index is -0.190. The van der Waals surface area contributed by atoms with Gasteiger partial charge < -0.3 is 10.1 Å². The minimum absolute atomic E-state index is 0.0485. The van der Waals surface area contributed by atoms with Crippen LogP contribution in [0.5, 0.6) is 5.75 Å². The van der Waals surface area contributed by atoms with Crippen molar-refractivity contribution in [1.82, 2.24) is 9.78 Å². The maximum absolute atomic E-state index is 12.7. The second-order valence-electron chi connectivity index (χ2n) is 7.22. The lowest BCUT2D eigenvalue weighted by atomic mass is 10.1. The first kappa shape index (κ1) is 17.5. The third-order valence-electron chi connectivity index (χ3n) is 5.26. The maximum atomic E-state index is 12.7. The van der Waals surface area contributed by atoms with Crippen LogP contribution in [-0.4, -0.2) is 22.3 Å². The molecule has 5 nitrogen and oxygen atoms in total. The van der Waals surface area contributed by atoms with E-state index >= 15 is 0 Å². The molecular weight excluding hydrogens is 362 g/mol. The smallest absolute Gasteiger partial charge is 0.263 e. The fourth-order valence-corrected chi connectivity index (χ4v) is 3.85. The zero-order chi connectivity index (χ0) is 19.6. The van der Waals surface area contributed by atoms with Crippen molar-refractivity contribution in [2.24, 2.45) is 0 Å². The van der Waals surface area contributed by atoms with E-state index in [1.54, 1.807) is 0 Å². The van der Waals surface area contributed by atoms with E-state index in [4.69, 9.17) is 9.84 Å². The van der Waals surface area contributed by atoms with Gasteiger partial charge in [-0.1, -0.05) is 48.5 Å². The van der Waals surface area contributed by atoms with Gasteiger partial charge >= 0.3 is 0 Å². The molecule has 0 fully saturated rings. The van der Waals surface area contributed by atoms with Crippen LogP contribution in [0.25, 0.3) is 16.5 Å². The minimum Gasteiger partial charge on any atom is -0.484 e. The molecule has 29 heavy (non-hydrogen) atoms. The van der Waals surface area contributed by atoms with Crippen LogP contribution in [0.1, 0.15) is 17.7 Å². The average molecular weight is 383 g/mol. The first-order valence-corrected chi connectivity index (χ1v) is 9.85. The molecule has 1 heterocycles. The summed E-state index contributed by atoms with van der Waals surface area (Å²) in [4.78, 5) is 12.7. The van der Waals surface area contributed by atoms with Gasteiger partial charge in [0.2, 0.25) is 0 Å². The van der Waals surface area contributed by atoms with E-state index in [-0.39, 0.29) is 12.5 Å². The lowest BCUT2D eigenvalue weighted by Gasteiger charge is -2.12. The zero-order valence-electron chi connectivity index (χ0n) is 16.0. The van der Waals surface area contributed by atoms with Crippen LogP contribution in [0.2, 0.25) is 0 Å². The van der Waals surface area contributed by atoms with Gasteiger partial charge in [-0.25, -0.2) is 4.68 Å². The molecule has 1 amide bonds. The Hall–Kier alpha value is -3.60. The summed E-state index contributed by atoms with van der Waals surface area (Å²) in [6, 6.07) is 23.8. The number of nitrogens with zero attached hydrogens (tertiary/aromatic N) is 2. The van der Waals surface area contributed by atoms with Crippen LogP contribution < -0.4 is 10.1 Å². The van der Waals surface area contributed by atoms with Crippen LogP contribution in [0, 0.1) is 0 Å². The molecule has 1 aliphatic carbocycles. The molecule has 1 aromatic heterocycles. The number of benzene rings is 3. The number of para-hydroxylation sites is 1. The second-order valence-corrected chi connectivity index (χ2v) is 7.22. The molecule has 0 saturated heterocycles. The second kappa shape index (κ2) is 7.43. The summed E-state index contributed by atoms with van der Waals surface area (Å²) in [6.45, 7) is -0.0485. The number of anilines is 1. The van der Waals surface area contributed by atoms with E-state index in [2.05, 4.69) is 11.4 Å². The summed E-state index contributed by atoms with van der Waals surface area (Å²) in [5.74, 6) is 1.25. The standard InChI is InChI=1S/C24H21N3O2/c28-23(16-29-20-14-13-17-7-4-5-8-18(17)15-20)25-24-21-11-6-12-22(21)26-27(24)19-9-2-1-3-10-19/h1-5,7-10,13-15H,6,11-12,16H2,(H,25,28). The Balaban J connectivity index is 1.34. The Morgan fingerprint density at radius 3 is 2.62 bits per heavy atom. The van der Waals surface area contributed by atoms with E-state index in [1.165, 1.54) is 0 Å². The van der Waals surface area contributed by atoms with Crippen LogP contribution in [0.3, 0.4) is 0 Å². The number of fused-ring (bicyclic) bond motifs is 2. The Bertz CT molecular complexity index is 1180. The topological polar surface area (TPSA) is 56.1 Å². The van der Waals surface area contributed by atoms with Crippen molar-refractivity contribution in [1.29, 1.82) is 0 Å². The Morgan fingerprint density at radius 1 is 0.966 bits per heavy atom. The summed E-state index contributed by atoms with van der Waals surface area (Å²) in [7, 11) is 0. The third-order valence-corrected chi connectivity index (χ3v) is 5.26. The molecule has 0 aliphatic heterocycles. The number of carbonyl (C=O) groups excluding carboxylic acids is 1. The van der Waals surface area contributed by atoms with E-state index in [0.29, 0.717) is 5.75 Å². The SMILES string of the molecule is O=C(COc1ccc2ccccc2c1)Nc1c2c(nn1-c1ccccc1)CCC2. The van der Waals surface area contributed by atoms with E-state index in [0.717, 1.165) is 52.8 Å². The van der Waals surface area contributed by atoms with Crippen LogP contribution in [0.15, 0.2) is 72.8 Å². The van der Waals surface area contributed by atoms with Gasteiger partial charge in [-0.15, -0.1) is 0 Å². The predicted molar refractivity (Wildman–Crippen MR) is 114 cm³/mol. The van der Waals surface area contributed by atoms with Gasteiger partial charge in [0.05, 0.1) is 11.4 Å². The van der Waals surface area contributed by atoms with Gasteiger partial charge in [0, 0.05) is 5.56 Å². The number of hydrogen-bond donors (Lipinski definition) is 1. The number of ether oxygens (including phenoxy) is 1. The highest BCUT2D eigenvalue weighted by Gasteiger charge is 2.24. The zero-order valence-corrected chi connectivity index (χ0v) is 16.0. The monoisotopic (exact) mass is 383 g/mol. The molecule has 0 bridgehead atoms. The number of hydrogen-bond acceptors (Lipinski definition) is 3. The molecule has 0 saturated carbocycles. The molecule has 1 aliphatic rings. The summed E-state index contributed by atoms with van der Waals surface area (Å²) >= 11 is 0. The number of aromatic nitrogens is 2. The van der Waals surface area contributed by atoms with E-state index in [1.807, 2.05) is 71.4 Å². The van der Waals surface area contributed by atoms with Gasteiger partial charge in [0.15, 0.2) is 6.61 Å². The van der Waals surface area contributed by atoms with Crippen LogP contribution in [-0.2, 0) is 17.6 Å². The first-order valence-electron chi connectivity index (χ1n) is 9.85. The Kier molecular flexibility index (Phi) is 4.48. The molecule has 0 unspecified atom stereocenters. The van der Waals surface area contributed by atoms with Gasteiger partial charge in [-0.05, 0) is 54.3 Å². The van der Waals surface area contributed by atoms with Crippen molar-refractivity contribution in [3.8, 4) is 11.4 Å². The molecule has 1 N–H and O–H groups in total. The molecule has 0 radical (unpaired) electrons. The van der Waals surface area contributed by atoms with Crippen molar-refractivity contribution < 1.29 is 9.53 Å². The number of amides is 1. The highest BCUT2D eigenvalue weighted by Crippen LogP contribution is 2.31. The summed E-state index contributed by atoms with van der Waals surface area (Å²) in [6.07, 6.45) is 2.96. The highest BCUT2D eigenvalue weighted by atomic mass is 16.5. The number of aryl methyl sites for hydroxylation is 1. The van der Waals surface area contributed by atoms with Crippen LogP contribution >= 0.6 is 0 Å². The van der Waals surface area contributed by atoms with Crippen LogP contribution in [0.4, 0.5) is 5.82 Å². The highest BCUT2D eigenvalue weighted by molar-refractivity contribution is 5.92. The molecular formula is C24H21N3O2. The van der Waals surface area contributed by atoms with Crippen molar-refractivity contribution in [2.75, 3.05) is 11.9 Å². The normalized spacial score (nSPS) is 12.7. The van der Waals surface area contributed by atoms with E-state index < -0.39 is 0 Å². The van der Waals surface area contributed by atoms with Crippen molar-refractivity contribution >= 4 is 22.5 Å². The van der Waals surface area contributed by atoms with Gasteiger partial charge in [0.1, 0.15) is 11.6 Å². The van der Waals surface area contributed by atoms with Gasteiger partial charge in [0.25, 0.3) is 5.91 Å². The number of nitrogens with one attached hydrogen (secondary N) is 1. The number of rotatable bonds is 5. The van der Waals surface area contributed by atoms with Gasteiger partial charge in [-0.2, -0.15) is 5.10 Å². The molecule has 144 valence electrons. The van der Waals surface area contributed by atoms with Crippen molar-refractivity contribution in [2.45, 2.75) is 19.3 Å². The summed E-state index contributed by atoms with van der Waals surface area (Å²) in [5.41, 5.74) is 3.14. The fourth-order valence-electron chi connectivity index (χ4n) is 3.85. The predicted octanol–water partition coefficient (Wildman–Crippen LogP) is 4.53. The maximum Gasteiger partial charge on any atom is 0.263 e. The number of carbonyl (C=O) groups is 1. The molecule has 0 atom stereocenters. The summed E-state index contributed by atoms with van der Waals surface area (Å²) in [5, 5.41) is 9.99. The largest absolute Gasteiger partial charge is 0.484 e. The van der Waals surface area contributed by atoms with Gasteiger partial charge in [-0.3, -0.25) is 4.79 Å². The lowest BCUT2D eigenvalue weighted by Crippen LogP contribution is -2.22. The first-order chi connectivity index (χ1) is 14.3. The molecule has 0 spiro atoms. The third kappa shape index (κ3) is 3.47. The molecule has 5 rings (SSSR count). The average Bonchev–Trinajstić information content (AvgIpc) is 3.35. The fraction of sp³-hybridized carbons (Fsp3) is 0.167. The quantitative estimate of drug-likeness (QED) is 0.551. The van der Waals surface area contributed by atoms with Crippen molar-refractivity contribution in [3.63, 3.8) is 0 Å². The summed E-state index contributed by atoms with van der Waals surface area (Å²) < 4.78 is 7.58. The molecule has 3 aromatic carbocycles. The van der Waals surface area contributed by atoms with Crippen molar-refractivity contribution in [3.05, 3.63) is 84.1 Å². The molecule has 4 aromatic rings. The van der Waals surface area contributed by atoms with E-state index in [9.17, 15) is 4.79 Å². The molecule has 5 heteroatoms. The lowest BCUT2D eigenvalue weighted by molar-refractivity contribution is -0.118. The Morgan fingerprint density at radius 2 is 1.76 bits per heavy atom. The Labute approximate surface area is 168 Å².